The first-order valence-electron chi connectivity index (χ1n) is 9.60. The number of ether oxygens (including phenoxy) is 1. The number of nitrogens with one attached hydrogen (secondary N) is 1. The fourth-order valence-corrected chi connectivity index (χ4v) is 3.56. The number of aryl methyl sites for hydroxylation is 1. The van der Waals surface area contributed by atoms with Crippen LogP contribution in [0.3, 0.4) is 0 Å². The summed E-state index contributed by atoms with van der Waals surface area (Å²) in [4.78, 5) is 12.6. The molecule has 4 rings (SSSR count). The van der Waals surface area contributed by atoms with E-state index < -0.39 is 0 Å². The molecule has 2 aromatic heterocycles. The van der Waals surface area contributed by atoms with Crippen molar-refractivity contribution < 1.29 is 18.4 Å². The second kappa shape index (κ2) is 8.02. The van der Waals surface area contributed by atoms with Crippen LogP contribution in [0.1, 0.15) is 23.0 Å². The van der Waals surface area contributed by atoms with Gasteiger partial charge in [0.25, 0.3) is 5.91 Å². The molecule has 7 heteroatoms. The van der Waals surface area contributed by atoms with Gasteiger partial charge in [0.2, 0.25) is 5.76 Å². The summed E-state index contributed by atoms with van der Waals surface area (Å²) in [5, 5.41) is 7.96. The van der Waals surface area contributed by atoms with Crippen LogP contribution in [0.5, 0.6) is 5.75 Å². The number of benzene rings is 2. The second-order valence-corrected chi connectivity index (χ2v) is 7.31. The SMILES string of the molecule is COc1ccc2c(c1)c(C[C@H](C)NC(=O)c1cc(-c3ccc(F)cc3)no1)cn2C. The Kier molecular flexibility index (Phi) is 5.27. The summed E-state index contributed by atoms with van der Waals surface area (Å²) in [6.07, 6.45) is 2.71. The zero-order valence-corrected chi connectivity index (χ0v) is 17.0. The second-order valence-electron chi connectivity index (χ2n) is 7.31. The number of carbonyl (C=O) groups excluding carboxylic acids is 1. The standard InChI is InChI=1S/C23H22FN3O3/c1-14(10-16-13-27(2)21-9-8-18(29-3)11-19(16)21)25-23(28)22-12-20(26-30-22)15-4-6-17(24)7-5-15/h4-9,11-14H,10H2,1-3H3,(H,25,28)/t14-/m0/s1. The van der Waals surface area contributed by atoms with Crippen molar-refractivity contribution in [1.82, 2.24) is 15.0 Å². The normalized spacial score (nSPS) is 12.1. The average Bonchev–Trinajstić information content (AvgIpc) is 3.34. The number of halogens is 1. The van der Waals surface area contributed by atoms with Crippen molar-refractivity contribution in [3.05, 3.63) is 71.9 Å². The predicted molar refractivity (Wildman–Crippen MR) is 112 cm³/mol. The minimum Gasteiger partial charge on any atom is -0.497 e. The third-order valence-electron chi connectivity index (χ3n) is 5.06. The maximum Gasteiger partial charge on any atom is 0.290 e. The van der Waals surface area contributed by atoms with Crippen LogP contribution in [-0.2, 0) is 13.5 Å². The molecule has 0 fully saturated rings. The molecular formula is C23H22FN3O3. The number of rotatable bonds is 6. The number of nitrogens with zero attached hydrogens (tertiary/aromatic N) is 2. The fourth-order valence-electron chi connectivity index (χ4n) is 3.56. The molecule has 0 saturated carbocycles. The molecule has 0 bridgehead atoms. The van der Waals surface area contributed by atoms with Crippen molar-refractivity contribution in [3.8, 4) is 17.0 Å². The Hall–Kier alpha value is -3.61. The summed E-state index contributed by atoms with van der Waals surface area (Å²) >= 11 is 0. The summed E-state index contributed by atoms with van der Waals surface area (Å²) in [6, 6.07) is 13.2. The summed E-state index contributed by atoms with van der Waals surface area (Å²) in [5.41, 5.74) is 3.37. The zero-order valence-electron chi connectivity index (χ0n) is 17.0. The Morgan fingerprint density at radius 3 is 2.73 bits per heavy atom. The first-order valence-corrected chi connectivity index (χ1v) is 9.60. The Morgan fingerprint density at radius 1 is 1.23 bits per heavy atom. The lowest BCUT2D eigenvalue weighted by molar-refractivity contribution is 0.0903. The van der Waals surface area contributed by atoms with Gasteiger partial charge in [-0.2, -0.15) is 0 Å². The van der Waals surface area contributed by atoms with E-state index in [1.54, 1.807) is 25.3 Å². The molecule has 0 aliphatic heterocycles. The van der Waals surface area contributed by atoms with E-state index >= 15 is 0 Å². The number of hydrogen-bond acceptors (Lipinski definition) is 4. The molecule has 1 N–H and O–H groups in total. The van der Waals surface area contributed by atoms with E-state index in [1.807, 2.05) is 32.2 Å². The Morgan fingerprint density at radius 2 is 2.00 bits per heavy atom. The number of hydrogen-bond donors (Lipinski definition) is 1. The number of fused-ring (bicyclic) bond motifs is 1. The van der Waals surface area contributed by atoms with Crippen LogP contribution in [0.4, 0.5) is 4.39 Å². The highest BCUT2D eigenvalue weighted by Gasteiger charge is 2.18. The number of methoxy groups -OCH3 is 1. The maximum absolute atomic E-state index is 13.1. The molecule has 2 heterocycles. The lowest BCUT2D eigenvalue weighted by atomic mass is 10.1. The number of carbonyl (C=O) groups is 1. The van der Waals surface area contributed by atoms with Gasteiger partial charge in [-0.05, 0) is 61.4 Å². The van der Waals surface area contributed by atoms with Gasteiger partial charge < -0.3 is 19.1 Å². The van der Waals surface area contributed by atoms with E-state index in [-0.39, 0.29) is 23.5 Å². The van der Waals surface area contributed by atoms with Gasteiger partial charge in [-0.15, -0.1) is 0 Å². The van der Waals surface area contributed by atoms with Gasteiger partial charge in [0.1, 0.15) is 17.3 Å². The molecule has 0 aliphatic rings. The summed E-state index contributed by atoms with van der Waals surface area (Å²) in [7, 11) is 3.64. The minimum absolute atomic E-state index is 0.112. The molecule has 0 radical (unpaired) electrons. The van der Waals surface area contributed by atoms with Crippen molar-refractivity contribution in [1.29, 1.82) is 0 Å². The van der Waals surface area contributed by atoms with Crippen LogP contribution in [0.25, 0.3) is 22.2 Å². The van der Waals surface area contributed by atoms with E-state index in [4.69, 9.17) is 9.26 Å². The largest absolute Gasteiger partial charge is 0.497 e. The Balaban J connectivity index is 1.47. The minimum atomic E-state index is -0.346. The van der Waals surface area contributed by atoms with E-state index in [1.165, 1.54) is 12.1 Å². The predicted octanol–water partition coefficient (Wildman–Crippen LogP) is 4.34. The highest BCUT2D eigenvalue weighted by Crippen LogP contribution is 2.26. The van der Waals surface area contributed by atoms with Crippen LogP contribution in [-0.4, -0.2) is 28.8 Å². The number of amides is 1. The van der Waals surface area contributed by atoms with Crippen LogP contribution in [0, 0.1) is 5.82 Å². The smallest absolute Gasteiger partial charge is 0.290 e. The molecule has 4 aromatic rings. The summed E-state index contributed by atoms with van der Waals surface area (Å²) in [5.74, 6) is 0.226. The number of aromatic nitrogens is 2. The summed E-state index contributed by atoms with van der Waals surface area (Å²) in [6.45, 7) is 1.94. The monoisotopic (exact) mass is 407 g/mol. The lowest BCUT2D eigenvalue weighted by Gasteiger charge is -2.12. The van der Waals surface area contributed by atoms with Crippen molar-refractivity contribution in [3.63, 3.8) is 0 Å². The zero-order chi connectivity index (χ0) is 21.3. The molecule has 6 nitrogen and oxygen atoms in total. The molecule has 0 saturated heterocycles. The van der Waals surface area contributed by atoms with Gasteiger partial charge in [-0.25, -0.2) is 4.39 Å². The summed E-state index contributed by atoms with van der Waals surface area (Å²) < 4.78 is 25.7. The third-order valence-corrected chi connectivity index (χ3v) is 5.06. The molecule has 1 amide bonds. The van der Waals surface area contributed by atoms with Crippen molar-refractivity contribution in [2.75, 3.05) is 7.11 Å². The van der Waals surface area contributed by atoms with Gasteiger partial charge in [-0.3, -0.25) is 4.79 Å². The molecule has 0 aliphatic carbocycles. The average molecular weight is 407 g/mol. The first-order chi connectivity index (χ1) is 14.4. The van der Waals surface area contributed by atoms with Crippen LogP contribution < -0.4 is 10.1 Å². The first kappa shape index (κ1) is 19.7. The van der Waals surface area contributed by atoms with E-state index in [2.05, 4.69) is 21.2 Å². The van der Waals surface area contributed by atoms with Crippen molar-refractivity contribution in [2.24, 2.45) is 7.05 Å². The maximum atomic E-state index is 13.1. The van der Waals surface area contributed by atoms with Crippen molar-refractivity contribution >= 4 is 16.8 Å². The third kappa shape index (κ3) is 3.91. The molecule has 1 atom stereocenters. The van der Waals surface area contributed by atoms with Gasteiger partial charge in [0.15, 0.2) is 0 Å². The highest BCUT2D eigenvalue weighted by molar-refractivity contribution is 5.92. The molecule has 0 spiro atoms. The molecule has 30 heavy (non-hydrogen) atoms. The Labute approximate surface area is 173 Å². The molecule has 154 valence electrons. The fraction of sp³-hybridized carbons (Fsp3) is 0.217. The Bertz CT molecular complexity index is 1190. The quantitative estimate of drug-likeness (QED) is 0.516. The van der Waals surface area contributed by atoms with Gasteiger partial charge in [0.05, 0.1) is 7.11 Å². The molecular weight excluding hydrogens is 385 g/mol. The van der Waals surface area contributed by atoms with E-state index in [0.29, 0.717) is 17.7 Å². The van der Waals surface area contributed by atoms with Gasteiger partial charge in [0, 0.05) is 41.8 Å². The van der Waals surface area contributed by atoms with Gasteiger partial charge in [-0.1, -0.05) is 5.16 Å². The van der Waals surface area contributed by atoms with Crippen LogP contribution in [0.2, 0.25) is 0 Å². The lowest BCUT2D eigenvalue weighted by Crippen LogP contribution is -2.33. The van der Waals surface area contributed by atoms with Crippen molar-refractivity contribution in [2.45, 2.75) is 19.4 Å². The molecule has 2 aromatic carbocycles. The van der Waals surface area contributed by atoms with Gasteiger partial charge >= 0.3 is 0 Å². The van der Waals surface area contributed by atoms with E-state index in [0.717, 1.165) is 22.2 Å². The molecule has 0 unspecified atom stereocenters. The highest BCUT2D eigenvalue weighted by atomic mass is 19.1. The van der Waals surface area contributed by atoms with Crippen LogP contribution in [0.15, 0.2) is 59.3 Å². The topological polar surface area (TPSA) is 69.3 Å². The van der Waals surface area contributed by atoms with E-state index in [9.17, 15) is 9.18 Å². The van der Waals surface area contributed by atoms with Crippen LogP contribution >= 0.6 is 0 Å².